The molecule has 94 valence electrons. The van der Waals surface area contributed by atoms with Gasteiger partial charge in [-0.1, -0.05) is 48.3 Å². The maximum atomic E-state index is 11.2. The zero-order chi connectivity index (χ0) is 12.8. The molecule has 1 rings (SSSR count). The van der Waals surface area contributed by atoms with Crippen molar-refractivity contribution in [3.63, 3.8) is 0 Å². The Labute approximate surface area is 111 Å². The molecule has 17 heavy (non-hydrogen) atoms. The first-order valence-electron chi connectivity index (χ1n) is 6.00. The van der Waals surface area contributed by atoms with Crippen molar-refractivity contribution in [3.05, 3.63) is 34.3 Å². The number of aliphatic carboxylic acids is 1. The maximum Gasteiger partial charge on any atom is 0.306 e. The molecule has 1 aromatic rings. The summed E-state index contributed by atoms with van der Waals surface area (Å²) in [5, 5.41) is 9.22. The third-order valence-electron chi connectivity index (χ3n) is 3.13. The van der Waals surface area contributed by atoms with Gasteiger partial charge in [-0.2, -0.15) is 0 Å². The minimum absolute atomic E-state index is 0.272. The van der Waals surface area contributed by atoms with Crippen LogP contribution in [0.1, 0.15) is 32.3 Å². The van der Waals surface area contributed by atoms with Gasteiger partial charge < -0.3 is 5.11 Å². The van der Waals surface area contributed by atoms with Crippen molar-refractivity contribution in [1.29, 1.82) is 0 Å². The van der Waals surface area contributed by atoms with Gasteiger partial charge in [0.25, 0.3) is 0 Å². The first kappa shape index (κ1) is 14.2. The summed E-state index contributed by atoms with van der Waals surface area (Å²) < 4.78 is 1.02. The van der Waals surface area contributed by atoms with Gasteiger partial charge >= 0.3 is 5.97 Å². The van der Waals surface area contributed by atoms with E-state index in [1.165, 1.54) is 0 Å². The summed E-state index contributed by atoms with van der Waals surface area (Å²) in [6.07, 6.45) is 2.40. The molecule has 2 nitrogen and oxygen atoms in total. The summed E-state index contributed by atoms with van der Waals surface area (Å²) in [7, 11) is 0. The molecule has 0 spiro atoms. The summed E-state index contributed by atoms with van der Waals surface area (Å²) in [6.45, 7) is 4.21. The van der Waals surface area contributed by atoms with Gasteiger partial charge in [0.15, 0.2) is 0 Å². The van der Waals surface area contributed by atoms with E-state index in [-0.39, 0.29) is 5.92 Å². The van der Waals surface area contributed by atoms with Crippen molar-refractivity contribution < 1.29 is 9.90 Å². The lowest BCUT2D eigenvalue weighted by atomic mass is 9.89. The average Bonchev–Trinajstić information content (AvgIpc) is 2.30. The van der Waals surface area contributed by atoms with E-state index in [0.29, 0.717) is 12.3 Å². The van der Waals surface area contributed by atoms with Gasteiger partial charge in [-0.15, -0.1) is 0 Å². The number of carboxylic acid groups (broad SMARTS) is 1. The Kier molecular flexibility index (Phi) is 5.69. The fourth-order valence-electron chi connectivity index (χ4n) is 1.83. The SMILES string of the molecule is CCC(C)CC(Cc1ccc(Br)cc1)C(=O)O. The predicted octanol–water partition coefficient (Wildman–Crippen LogP) is 4.13. The molecule has 0 radical (unpaired) electrons. The van der Waals surface area contributed by atoms with Gasteiger partial charge in [-0.3, -0.25) is 4.79 Å². The molecule has 0 fully saturated rings. The highest BCUT2D eigenvalue weighted by atomic mass is 79.9. The van der Waals surface area contributed by atoms with Crippen LogP contribution in [0.15, 0.2) is 28.7 Å². The molecule has 0 bridgehead atoms. The van der Waals surface area contributed by atoms with Crippen LogP contribution in [0.5, 0.6) is 0 Å². The van der Waals surface area contributed by atoms with Crippen LogP contribution in [0, 0.1) is 11.8 Å². The van der Waals surface area contributed by atoms with Crippen LogP contribution in [-0.2, 0) is 11.2 Å². The molecule has 0 aliphatic carbocycles. The van der Waals surface area contributed by atoms with Crippen molar-refractivity contribution >= 4 is 21.9 Å². The van der Waals surface area contributed by atoms with Crippen molar-refractivity contribution in [2.45, 2.75) is 33.1 Å². The van der Waals surface area contributed by atoms with E-state index in [1.54, 1.807) is 0 Å². The minimum Gasteiger partial charge on any atom is -0.481 e. The molecular weight excluding hydrogens is 280 g/mol. The van der Waals surface area contributed by atoms with Gasteiger partial charge in [0.1, 0.15) is 0 Å². The Bertz CT molecular complexity index is 359. The number of rotatable bonds is 6. The highest BCUT2D eigenvalue weighted by molar-refractivity contribution is 9.10. The summed E-state index contributed by atoms with van der Waals surface area (Å²) >= 11 is 3.38. The zero-order valence-corrected chi connectivity index (χ0v) is 11.9. The lowest BCUT2D eigenvalue weighted by Crippen LogP contribution is -2.19. The molecule has 1 aromatic carbocycles. The third-order valence-corrected chi connectivity index (χ3v) is 3.66. The zero-order valence-electron chi connectivity index (χ0n) is 10.3. The van der Waals surface area contributed by atoms with E-state index in [2.05, 4.69) is 29.8 Å². The largest absolute Gasteiger partial charge is 0.481 e. The van der Waals surface area contributed by atoms with Crippen molar-refractivity contribution in [3.8, 4) is 0 Å². The Morgan fingerprint density at radius 1 is 1.35 bits per heavy atom. The van der Waals surface area contributed by atoms with Crippen molar-refractivity contribution in [2.24, 2.45) is 11.8 Å². The molecule has 2 atom stereocenters. The summed E-state index contributed by atoms with van der Waals surface area (Å²) in [6, 6.07) is 7.88. The van der Waals surface area contributed by atoms with Crippen LogP contribution in [0.4, 0.5) is 0 Å². The maximum absolute atomic E-state index is 11.2. The van der Waals surface area contributed by atoms with Gasteiger partial charge in [-0.05, 0) is 36.5 Å². The number of hydrogen-bond acceptors (Lipinski definition) is 1. The van der Waals surface area contributed by atoms with E-state index >= 15 is 0 Å². The normalized spacial score (nSPS) is 14.3. The van der Waals surface area contributed by atoms with Gasteiger partial charge in [0.2, 0.25) is 0 Å². The highest BCUT2D eigenvalue weighted by Gasteiger charge is 2.20. The second kappa shape index (κ2) is 6.80. The number of halogens is 1. The molecule has 0 aliphatic rings. The second-order valence-corrected chi connectivity index (χ2v) is 5.53. The summed E-state index contributed by atoms with van der Waals surface area (Å²) in [5.41, 5.74) is 1.09. The number of hydrogen-bond donors (Lipinski definition) is 1. The monoisotopic (exact) mass is 298 g/mol. The van der Waals surface area contributed by atoms with E-state index in [0.717, 1.165) is 22.9 Å². The number of carbonyl (C=O) groups is 1. The van der Waals surface area contributed by atoms with E-state index in [4.69, 9.17) is 0 Å². The van der Waals surface area contributed by atoms with Gasteiger partial charge in [0, 0.05) is 4.47 Å². The predicted molar refractivity (Wildman–Crippen MR) is 73.0 cm³/mol. The lowest BCUT2D eigenvalue weighted by molar-refractivity contribution is -0.142. The molecule has 0 aromatic heterocycles. The van der Waals surface area contributed by atoms with Gasteiger partial charge in [-0.25, -0.2) is 0 Å². The molecule has 3 heteroatoms. The molecule has 0 aliphatic heterocycles. The van der Waals surface area contributed by atoms with E-state index < -0.39 is 5.97 Å². The second-order valence-electron chi connectivity index (χ2n) is 4.61. The van der Waals surface area contributed by atoms with Gasteiger partial charge in [0.05, 0.1) is 5.92 Å². The van der Waals surface area contributed by atoms with Crippen LogP contribution >= 0.6 is 15.9 Å². The molecular formula is C14H19BrO2. The third kappa shape index (κ3) is 4.90. The van der Waals surface area contributed by atoms with Crippen LogP contribution in [-0.4, -0.2) is 11.1 Å². The quantitative estimate of drug-likeness (QED) is 0.857. The first-order chi connectivity index (χ1) is 8.02. The molecule has 2 unspecified atom stereocenters. The average molecular weight is 299 g/mol. The van der Waals surface area contributed by atoms with Crippen molar-refractivity contribution in [2.75, 3.05) is 0 Å². The summed E-state index contributed by atoms with van der Waals surface area (Å²) in [4.78, 5) is 11.2. The minimum atomic E-state index is -0.687. The van der Waals surface area contributed by atoms with Crippen LogP contribution in [0.25, 0.3) is 0 Å². The van der Waals surface area contributed by atoms with Crippen LogP contribution in [0.3, 0.4) is 0 Å². The number of carboxylic acids is 1. The fraction of sp³-hybridized carbons (Fsp3) is 0.500. The van der Waals surface area contributed by atoms with Crippen LogP contribution < -0.4 is 0 Å². The fourth-order valence-corrected chi connectivity index (χ4v) is 2.09. The Hall–Kier alpha value is -0.830. The van der Waals surface area contributed by atoms with Crippen LogP contribution in [0.2, 0.25) is 0 Å². The molecule has 0 amide bonds. The molecule has 0 saturated carbocycles. The standard InChI is InChI=1S/C14H19BrO2/c1-3-10(2)8-12(14(16)17)9-11-4-6-13(15)7-5-11/h4-7,10,12H,3,8-9H2,1-2H3,(H,16,17). The molecule has 1 N–H and O–H groups in total. The molecule has 0 saturated heterocycles. The topological polar surface area (TPSA) is 37.3 Å². The Morgan fingerprint density at radius 3 is 2.41 bits per heavy atom. The first-order valence-corrected chi connectivity index (χ1v) is 6.79. The Balaban J connectivity index is 2.66. The lowest BCUT2D eigenvalue weighted by Gasteiger charge is -2.16. The highest BCUT2D eigenvalue weighted by Crippen LogP contribution is 2.21. The molecule has 0 heterocycles. The smallest absolute Gasteiger partial charge is 0.306 e. The summed E-state index contributed by atoms with van der Waals surface area (Å²) in [5.74, 6) is -0.495. The van der Waals surface area contributed by atoms with E-state index in [1.807, 2.05) is 24.3 Å². The Morgan fingerprint density at radius 2 is 1.94 bits per heavy atom. The van der Waals surface area contributed by atoms with E-state index in [9.17, 15) is 9.90 Å². The van der Waals surface area contributed by atoms with Crippen molar-refractivity contribution in [1.82, 2.24) is 0 Å². The number of benzene rings is 1.